The Morgan fingerprint density at radius 3 is 2.00 bits per heavy atom. The van der Waals surface area contributed by atoms with Gasteiger partial charge in [0.1, 0.15) is 17.3 Å². The highest BCUT2D eigenvalue weighted by molar-refractivity contribution is 5.51. The molecule has 0 saturated carbocycles. The molecule has 0 atom stereocenters. The molecule has 0 aliphatic carbocycles. The van der Waals surface area contributed by atoms with Crippen LogP contribution in [0.4, 0.5) is 14.5 Å². The molecule has 2 aliphatic heterocycles. The van der Waals surface area contributed by atoms with Gasteiger partial charge in [0.2, 0.25) is 0 Å². The molecule has 2 heterocycles. The fraction of sp³-hybridized carbons (Fsp3) is 0.684. The highest BCUT2D eigenvalue weighted by Crippen LogP contribution is 2.28. The minimum absolute atomic E-state index is 0.0885. The Labute approximate surface area is 149 Å². The van der Waals surface area contributed by atoms with Gasteiger partial charge >= 0.3 is 0 Å². The Morgan fingerprint density at radius 2 is 1.48 bits per heavy atom. The number of nitrogens with zero attached hydrogens (tertiary/aromatic N) is 3. The molecule has 0 bridgehead atoms. The molecule has 1 aromatic carbocycles. The lowest BCUT2D eigenvalue weighted by molar-refractivity contribution is 0.0341. The second-order valence-electron chi connectivity index (χ2n) is 7.94. The minimum Gasteiger partial charge on any atom is -0.379 e. The van der Waals surface area contributed by atoms with E-state index >= 15 is 0 Å². The molecule has 2 saturated heterocycles. The molecule has 0 N–H and O–H groups in total. The van der Waals surface area contributed by atoms with Crippen molar-refractivity contribution in [1.82, 2.24) is 9.80 Å². The van der Waals surface area contributed by atoms with Crippen LogP contribution in [0.5, 0.6) is 0 Å². The van der Waals surface area contributed by atoms with Gasteiger partial charge in [0, 0.05) is 51.4 Å². The van der Waals surface area contributed by atoms with Gasteiger partial charge in [-0.3, -0.25) is 9.80 Å². The third-order valence-corrected chi connectivity index (χ3v) is 5.13. The van der Waals surface area contributed by atoms with Gasteiger partial charge in [-0.15, -0.1) is 0 Å². The third kappa shape index (κ3) is 4.49. The van der Waals surface area contributed by atoms with Crippen LogP contribution in [0, 0.1) is 11.6 Å². The number of halogens is 2. The van der Waals surface area contributed by atoms with Crippen LogP contribution < -0.4 is 4.90 Å². The predicted octanol–water partition coefficient (Wildman–Crippen LogP) is 2.72. The summed E-state index contributed by atoms with van der Waals surface area (Å²) in [4.78, 5) is 6.36. The van der Waals surface area contributed by atoms with Gasteiger partial charge in [0.25, 0.3) is 0 Å². The molecular formula is C19H29F2N3O. The van der Waals surface area contributed by atoms with Crippen LogP contribution in [0.2, 0.25) is 0 Å². The van der Waals surface area contributed by atoms with Crippen molar-refractivity contribution in [2.24, 2.45) is 0 Å². The maximum atomic E-state index is 14.6. The fourth-order valence-corrected chi connectivity index (χ4v) is 3.63. The van der Waals surface area contributed by atoms with Crippen molar-refractivity contribution in [2.45, 2.75) is 32.9 Å². The highest BCUT2D eigenvalue weighted by atomic mass is 19.1. The maximum absolute atomic E-state index is 14.6. The second kappa shape index (κ2) is 7.56. The molecule has 6 heteroatoms. The smallest absolute Gasteiger partial charge is 0.149 e. The molecule has 0 unspecified atom stereocenters. The zero-order valence-corrected chi connectivity index (χ0v) is 15.5. The standard InChI is InChI=1S/C19H29F2N3O/c1-19(2,3)24-6-4-23(5-7-24)18-16(20)12-15(13-17(18)21)14-22-8-10-25-11-9-22/h12-13H,4-11,14H2,1-3H3. The number of rotatable bonds is 3. The maximum Gasteiger partial charge on any atom is 0.149 e. The fourth-order valence-electron chi connectivity index (χ4n) is 3.63. The quantitative estimate of drug-likeness (QED) is 0.832. The minimum atomic E-state index is -0.451. The molecule has 140 valence electrons. The molecule has 2 fully saturated rings. The van der Waals surface area contributed by atoms with Gasteiger partial charge in [-0.25, -0.2) is 8.78 Å². The van der Waals surface area contributed by atoms with E-state index in [1.807, 2.05) is 4.90 Å². The van der Waals surface area contributed by atoms with Gasteiger partial charge in [0.05, 0.1) is 13.2 Å². The normalized spacial score (nSPS) is 20.9. The Hall–Kier alpha value is -1.24. The zero-order chi connectivity index (χ0) is 18.0. The Morgan fingerprint density at radius 1 is 0.920 bits per heavy atom. The summed E-state index contributed by atoms with van der Waals surface area (Å²) in [5, 5.41) is 0. The summed E-state index contributed by atoms with van der Waals surface area (Å²) in [6.07, 6.45) is 0. The van der Waals surface area contributed by atoms with Gasteiger partial charge in [0.15, 0.2) is 0 Å². The number of anilines is 1. The first-order valence-electron chi connectivity index (χ1n) is 9.12. The first kappa shape index (κ1) is 18.5. The van der Waals surface area contributed by atoms with Crippen molar-refractivity contribution in [3.8, 4) is 0 Å². The summed E-state index contributed by atoms with van der Waals surface area (Å²) in [6, 6.07) is 2.98. The monoisotopic (exact) mass is 353 g/mol. The first-order chi connectivity index (χ1) is 11.8. The number of piperazine rings is 1. The van der Waals surface area contributed by atoms with E-state index in [9.17, 15) is 8.78 Å². The average Bonchev–Trinajstić information content (AvgIpc) is 2.55. The van der Waals surface area contributed by atoms with E-state index < -0.39 is 11.6 Å². The van der Waals surface area contributed by atoms with Crippen LogP contribution in [-0.2, 0) is 11.3 Å². The van der Waals surface area contributed by atoms with Gasteiger partial charge in [-0.2, -0.15) is 0 Å². The van der Waals surface area contributed by atoms with Crippen LogP contribution in [0.1, 0.15) is 26.3 Å². The first-order valence-corrected chi connectivity index (χ1v) is 9.12. The van der Waals surface area contributed by atoms with E-state index in [1.54, 1.807) is 0 Å². The molecular weight excluding hydrogens is 324 g/mol. The lowest BCUT2D eigenvalue weighted by Gasteiger charge is -2.43. The van der Waals surface area contributed by atoms with Crippen molar-refractivity contribution in [1.29, 1.82) is 0 Å². The second-order valence-corrected chi connectivity index (χ2v) is 7.94. The van der Waals surface area contributed by atoms with E-state index in [4.69, 9.17) is 4.74 Å². The number of hydrogen-bond acceptors (Lipinski definition) is 4. The molecule has 1 aromatic rings. The Balaban J connectivity index is 1.68. The molecule has 3 rings (SSSR count). The van der Waals surface area contributed by atoms with Crippen molar-refractivity contribution in [3.05, 3.63) is 29.3 Å². The number of hydrogen-bond donors (Lipinski definition) is 0. The van der Waals surface area contributed by atoms with E-state index in [0.29, 0.717) is 38.4 Å². The topological polar surface area (TPSA) is 19.0 Å². The van der Waals surface area contributed by atoms with Crippen molar-refractivity contribution in [2.75, 3.05) is 57.4 Å². The number of ether oxygens (including phenoxy) is 1. The summed E-state index contributed by atoms with van der Waals surface area (Å²) in [7, 11) is 0. The highest BCUT2D eigenvalue weighted by Gasteiger charge is 2.28. The van der Waals surface area contributed by atoms with Crippen molar-refractivity contribution in [3.63, 3.8) is 0 Å². The van der Waals surface area contributed by atoms with E-state index in [2.05, 4.69) is 30.6 Å². The summed E-state index contributed by atoms with van der Waals surface area (Å²) in [5.74, 6) is -0.903. The molecule has 0 amide bonds. The van der Waals surface area contributed by atoms with Crippen molar-refractivity contribution >= 4 is 5.69 Å². The van der Waals surface area contributed by atoms with Crippen LogP contribution in [0.25, 0.3) is 0 Å². The van der Waals surface area contributed by atoms with Crippen LogP contribution in [-0.4, -0.2) is 67.8 Å². The zero-order valence-electron chi connectivity index (χ0n) is 15.5. The summed E-state index contributed by atoms with van der Waals surface area (Å²) in [5.41, 5.74) is 0.902. The SMILES string of the molecule is CC(C)(C)N1CCN(c2c(F)cc(CN3CCOCC3)cc2F)CC1. The van der Waals surface area contributed by atoms with Crippen LogP contribution in [0.15, 0.2) is 12.1 Å². The summed E-state index contributed by atoms with van der Waals surface area (Å²) in [6.45, 7) is 13.0. The summed E-state index contributed by atoms with van der Waals surface area (Å²) < 4.78 is 34.6. The predicted molar refractivity (Wildman–Crippen MR) is 96.0 cm³/mol. The number of morpholine rings is 1. The van der Waals surface area contributed by atoms with Gasteiger partial charge in [-0.1, -0.05) is 0 Å². The molecule has 0 spiro atoms. The van der Waals surface area contributed by atoms with E-state index in [1.165, 1.54) is 12.1 Å². The van der Waals surface area contributed by atoms with Gasteiger partial charge < -0.3 is 9.64 Å². The number of benzene rings is 1. The van der Waals surface area contributed by atoms with E-state index in [-0.39, 0.29) is 11.2 Å². The van der Waals surface area contributed by atoms with Gasteiger partial charge in [-0.05, 0) is 38.5 Å². The van der Waals surface area contributed by atoms with Crippen LogP contribution in [0.3, 0.4) is 0 Å². The lowest BCUT2D eigenvalue weighted by atomic mass is 10.0. The molecule has 2 aliphatic rings. The lowest BCUT2D eigenvalue weighted by Crippen LogP contribution is -2.53. The summed E-state index contributed by atoms with van der Waals surface area (Å²) >= 11 is 0. The Kier molecular flexibility index (Phi) is 5.61. The average molecular weight is 353 g/mol. The van der Waals surface area contributed by atoms with Crippen molar-refractivity contribution < 1.29 is 13.5 Å². The molecule has 25 heavy (non-hydrogen) atoms. The van der Waals surface area contributed by atoms with Crippen LogP contribution >= 0.6 is 0 Å². The third-order valence-electron chi connectivity index (χ3n) is 5.13. The molecule has 4 nitrogen and oxygen atoms in total. The Bertz CT molecular complexity index is 566. The molecule has 0 aromatic heterocycles. The van der Waals surface area contributed by atoms with E-state index in [0.717, 1.165) is 26.2 Å². The molecule has 0 radical (unpaired) electrons. The largest absolute Gasteiger partial charge is 0.379 e.